The molecule has 3 saturated heterocycles. The zero-order valence-electron chi connectivity index (χ0n) is 20.9. The van der Waals surface area contributed by atoms with Gasteiger partial charge in [-0.05, 0) is 41.8 Å². The zero-order chi connectivity index (χ0) is 26.0. The lowest BCUT2D eigenvalue weighted by Crippen LogP contribution is -2.52. The number of amides is 3. The van der Waals surface area contributed by atoms with Crippen LogP contribution in [-0.2, 0) is 27.4 Å². The molecule has 1 aromatic carbocycles. The van der Waals surface area contributed by atoms with Crippen molar-refractivity contribution >= 4 is 28.8 Å². The average molecular weight is 516 g/mol. The van der Waals surface area contributed by atoms with Crippen molar-refractivity contribution in [3.8, 4) is 11.3 Å². The predicted molar refractivity (Wildman–Crippen MR) is 137 cm³/mol. The fourth-order valence-electron chi connectivity index (χ4n) is 6.05. The Morgan fingerprint density at radius 1 is 1.11 bits per heavy atom. The van der Waals surface area contributed by atoms with E-state index in [-0.39, 0.29) is 30.9 Å². The number of aliphatic hydroxyl groups excluding tert-OH is 1. The highest BCUT2D eigenvalue weighted by atomic mass is 16.5. The maximum atomic E-state index is 13.1. The topological polar surface area (TPSA) is 117 Å². The number of nitrogens with zero attached hydrogens (tertiary/aromatic N) is 4. The molecule has 0 bridgehead atoms. The van der Waals surface area contributed by atoms with Crippen LogP contribution in [0.3, 0.4) is 0 Å². The Kier molecular flexibility index (Phi) is 5.57. The van der Waals surface area contributed by atoms with E-state index < -0.39 is 11.9 Å². The summed E-state index contributed by atoms with van der Waals surface area (Å²) in [5.74, 6) is -0.543. The highest BCUT2D eigenvalue weighted by Crippen LogP contribution is 2.34. The van der Waals surface area contributed by atoms with Crippen LogP contribution in [0.1, 0.15) is 40.4 Å². The molecule has 1 atom stereocenters. The number of ether oxygens (including phenoxy) is 1. The molecule has 1 unspecified atom stereocenters. The number of carbonyl (C=O) groups excluding carboxylic acids is 3. The normalized spacial score (nSPS) is 22.5. The summed E-state index contributed by atoms with van der Waals surface area (Å²) in [5.41, 5.74) is 5.30. The molecular formula is C28H29N5O5. The van der Waals surface area contributed by atoms with E-state index in [1.54, 1.807) is 4.90 Å². The summed E-state index contributed by atoms with van der Waals surface area (Å²) in [5, 5.41) is 12.9. The summed E-state index contributed by atoms with van der Waals surface area (Å²) < 4.78 is 7.63. The van der Waals surface area contributed by atoms with Crippen molar-refractivity contribution in [2.45, 2.75) is 38.0 Å². The van der Waals surface area contributed by atoms with Crippen LogP contribution in [0.15, 0.2) is 36.5 Å². The van der Waals surface area contributed by atoms with Gasteiger partial charge in [-0.25, -0.2) is 4.98 Å². The van der Waals surface area contributed by atoms with Gasteiger partial charge in [-0.3, -0.25) is 24.6 Å². The van der Waals surface area contributed by atoms with E-state index in [4.69, 9.17) is 9.72 Å². The molecule has 0 saturated carbocycles. The summed E-state index contributed by atoms with van der Waals surface area (Å²) in [6.07, 6.45) is 2.66. The molecule has 196 valence electrons. The van der Waals surface area contributed by atoms with E-state index >= 15 is 0 Å². The molecule has 10 heteroatoms. The van der Waals surface area contributed by atoms with Gasteiger partial charge in [-0.1, -0.05) is 6.07 Å². The first-order chi connectivity index (χ1) is 18.5. The Labute approximate surface area is 219 Å². The van der Waals surface area contributed by atoms with Crippen molar-refractivity contribution < 1.29 is 24.2 Å². The van der Waals surface area contributed by atoms with Gasteiger partial charge in [0.05, 0.1) is 24.9 Å². The molecular weight excluding hydrogens is 486 g/mol. The average Bonchev–Trinajstić information content (AvgIpc) is 3.41. The molecule has 4 aliphatic heterocycles. The fraction of sp³-hybridized carbons (Fsp3) is 0.429. The number of hydrogen-bond acceptors (Lipinski definition) is 7. The summed E-state index contributed by atoms with van der Waals surface area (Å²) in [6, 6.07) is 9.64. The van der Waals surface area contributed by atoms with Crippen LogP contribution >= 0.6 is 0 Å². The smallest absolute Gasteiger partial charge is 0.255 e. The van der Waals surface area contributed by atoms with Crippen molar-refractivity contribution in [2.24, 2.45) is 5.92 Å². The number of aromatic nitrogens is 2. The number of nitrogens with one attached hydrogen (secondary N) is 1. The SMILES string of the molecule is O=C1CCC(N2Cc3cc(-c4cc(CN5CC(CO)C5)c5ccn(C6COC6)c5n4)ccc3C2=O)C(=O)N1. The number of aliphatic hydroxyl groups is 1. The van der Waals surface area contributed by atoms with E-state index in [1.807, 2.05) is 18.2 Å². The van der Waals surface area contributed by atoms with Gasteiger partial charge in [0, 0.05) is 67.8 Å². The third-order valence-corrected chi connectivity index (χ3v) is 8.29. The van der Waals surface area contributed by atoms with Crippen molar-refractivity contribution in [2.75, 3.05) is 32.9 Å². The lowest BCUT2D eigenvalue weighted by Gasteiger charge is -2.38. The molecule has 7 rings (SSSR count). The number of piperidine rings is 1. The van der Waals surface area contributed by atoms with Crippen molar-refractivity contribution in [3.05, 3.63) is 53.2 Å². The Morgan fingerprint density at radius 2 is 1.95 bits per heavy atom. The summed E-state index contributed by atoms with van der Waals surface area (Å²) >= 11 is 0. The van der Waals surface area contributed by atoms with Crippen LogP contribution < -0.4 is 5.32 Å². The van der Waals surface area contributed by atoms with Gasteiger partial charge in [0.1, 0.15) is 11.7 Å². The molecule has 4 aliphatic rings. The molecule has 0 radical (unpaired) electrons. The number of imide groups is 1. The van der Waals surface area contributed by atoms with E-state index in [2.05, 4.69) is 33.1 Å². The maximum Gasteiger partial charge on any atom is 0.255 e. The quantitative estimate of drug-likeness (QED) is 0.478. The second kappa shape index (κ2) is 9.00. The molecule has 2 aromatic heterocycles. The van der Waals surface area contributed by atoms with Crippen LogP contribution in [0.5, 0.6) is 0 Å². The number of fused-ring (bicyclic) bond motifs is 2. The van der Waals surface area contributed by atoms with Gasteiger partial charge in [-0.2, -0.15) is 0 Å². The number of hydrogen-bond donors (Lipinski definition) is 2. The first-order valence-electron chi connectivity index (χ1n) is 13.2. The molecule has 38 heavy (non-hydrogen) atoms. The van der Waals surface area contributed by atoms with E-state index in [0.29, 0.717) is 37.7 Å². The van der Waals surface area contributed by atoms with Crippen LogP contribution in [-0.4, -0.2) is 81.1 Å². The lowest BCUT2D eigenvalue weighted by atomic mass is 9.98. The number of pyridine rings is 1. The minimum Gasteiger partial charge on any atom is -0.396 e. The second-order valence-corrected chi connectivity index (χ2v) is 10.8. The van der Waals surface area contributed by atoms with Gasteiger partial charge >= 0.3 is 0 Å². The number of likely N-dealkylation sites (tertiary alicyclic amines) is 1. The van der Waals surface area contributed by atoms with E-state index in [1.165, 1.54) is 5.56 Å². The Hall–Kier alpha value is -3.60. The highest BCUT2D eigenvalue weighted by Gasteiger charge is 2.39. The molecule has 0 aliphatic carbocycles. The van der Waals surface area contributed by atoms with Gasteiger partial charge in [0.2, 0.25) is 11.8 Å². The predicted octanol–water partition coefficient (Wildman–Crippen LogP) is 1.46. The largest absolute Gasteiger partial charge is 0.396 e. The fourth-order valence-corrected chi connectivity index (χ4v) is 6.05. The first-order valence-corrected chi connectivity index (χ1v) is 13.2. The molecule has 10 nitrogen and oxygen atoms in total. The molecule has 3 fully saturated rings. The number of rotatable bonds is 6. The van der Waals surface area contributed by atoms with E-state index in [9.17, 15) is 19.5 Å². The molecule has 0 spiro atoms. The van der Waals surface area contributed by atoms with Gasteiger partial charge in [0.15, 0.2) is 0 Å². The van der Waals surface area contributed by atoms with Crippen molar-refractivity contribution in [1.29, 1.82) is 0 Å². The first kappa shape index (κ1) is 23.5. The van der Waals surface area contributed by atoms with Crippen LogP contribution in [0, 0.1) is 5.92 Å². The number of carbonyl (C=O) groups is 3. The number of benzene rings is 1. The van der Waals surface area contributed by atoms with Gasteiger partial charge < -0.3 is 19.3 Å². The van der Waals surface area contributed by atoms with Crippen molar-refractivity contribution in [1.82, 2.24) is 24.7 Å². The van der Waals surface area contributed by atoms with Crippen LogP contribution in [0.4, 0.5) is 0 Å². The zero-order valence-corrected chi connectivity index (χ0v) is 20.9. The third-order valence-electron chi connectivity index (χ3n) is 8.29. The minimum absolute atomic E-state index is 0.180. The minimum atomic E-state index is -0.635. The Bertz CT molecular complexity index is 1470. The van der Waals surface area contributed by atoms with Gasteiger partial charge in [-0.15, -0.1) is 0 Å². The van der Waals surface area contributed by atoms with Crippen LogP contribution in [0.25, 0.3) is 22.3 Å². The molecule has 6 heterocycles. The summed E-state index contributed by atoms with van der Waals surface area (Å²) in [6.45, 7) is 4.43. The summed E-state index contributed by atoms with van der Waals surface area (Å²) in [7, 11) is 0. The van der Waals surface area contributed by atoms with Crippen LogP contribution in [0.2, 0.25) is 0 Å². The lowest BCUT2D eigenvalue weighted by molar-refractivity contribution is -0.136. The second-order valence-electron chi connectivity index (χ2n) is 10.8. The monoisotopic (exact) mass is 515 g/mol. The maximum absolute atomic E-state index is 13.1. The highest BCUT2D eigenvalue weighted by molar-refractivity contribution is 6.05. The molecule has 2 N–H and O–H groups in total. The van der Waals surface area contributed by atoms with Crippen molar-refractivity contribution in [3.63, 3.8) is 0 Å². The van der Waals surface area contributed by atoms with Gasteiger partial charge in [0.25, 0.3) is 5.91 Å². The standard InChI is InChI=1S/C28H29N5O5/c34-13-16-9-31(10-16)11-19-8-23(29-26-21(19)5-6-32(26)20-14-38-15-20)17-1-2-22-18(7-17)12-33(28(22)37)24-3-4-25(35)30-27(24)36/h1-2,5-8,16,20,24,34H,3-4,9-15H2,(H,30,35,36). The molecule has 3 aromatic rings. The molecule has 3 amide bonds. The summed E-state index contributed by atoms with van der Waals surface area (Å²) in [4.78, 5) is 46.1. The Balaban J connectivity index is 1.22. The third kappa shape index (κ3) is 3.82. The van der Waals surface area contributed by atoms with E-state index in [0.717, 1.165) is 47.5 Å². The Morgan fingerprint density at radius 3 is 2.68 bits per heavy atom.